The molecule has 0 aliphatic carbocycles. The van der Waals surface area contributed by atoms with Crippen molar-refractivity contribution in [2.75, 3.05) is 39.3 Å². The highest BCUT2D eigenvalue weighted by atomic mass is 19.4. The third-order valence-corrected chi connectivity index (χ3v) is 3.48. The molecule has 0 bridgehead atoms. The van der Waals surface area contributed by atoms with Crippen LogP contribution in [0.5, 0.6) is 0 Å². The monoisotopic (exact) mass is 291 g/mol. The number of nitrogens with two attached hydrogens (primary N) is 1. The molecule has 2 heterocycles. The molecule has 1 saturated heterocycles. The molecule has 1 atom stereocenters. The van der Waals surface area contributed by atoms with Crippen molar-refractivity contribution >= 4 is 0 Å². The predicted octanol–water partition coefficient (Wildman–Crippen LogP) is 0.600. The van der Waals surface area contributed by atoms with Crippen LogP contribution < -0.4 is 5.73 Å². The number of alkyl halides is 3. The van der Waals surface area contributed by atoms with Crippen LogP contribution in [0.2, 0.25) is 0 Å². The number of hydrogen-bond acceptors (Lipinski definition) is 4. The average molecular weight is 291 g/mol. The number of halogens is 3. The van der Waals surface area contributed by atoms with Crippen LogP contribution in [-0.4, -0.2) is 65.0 Å². The summed E-state index contributed by atoms with van der Waals surface area (Å²) in [6.07, 6.45) is -0.524. The topological polar surface area (TPSA) is 50.3 Å². The molecule has 0 aromatic carbocycles. The summed E-state index contributed by atoms with van der Waals surface area (Å²) in [7, 11) is 1.83. The number of hydrogen-bond donors (Lipinski definition) is 1. The van der Waals surface area contributed by atoms with Crippen LogP contribution in [0.4, 0.5) is 13.2 Å². The molecule has 2 N–H and O–H groups in total. The number of piperazine rings is 1. The third kappa shape index (κ3) is 4.46. The van der Waals surface area contributed by atoms with Crippen LogP contribution in [0, 0.1) is 0 Å². The van der Waals surface area contributed by atoms with E-state index >= 15 is 0 Å². The number of aromatic nitrogens is 2. The average Bonchev–Trinajstić information content (AvgIpc) is 2.77. The van der Waals surface area contributed by atoms with Crippen molar-refractivity contribution in [3.8, 4) is 0 Å². The lowest BCUT2D eigenvalue weighted by Gasteiger charge is -2.35. The molecule has 5 nitrogen and oxygen atoms in total. The van der Waals surface area contributed by atoms with Crippen molar-refractivity contribution in [2.24, 2.45) is 12.8 Å². The summed E-state index contributed by atoms with van der Waals surface area (Å²) in [5, 5.41) is 4.07. The molecular weight excluding hydrogens is 271 g/mol. The Labute approximate surface area is 116 Å². The summed E-state index contributed by atoms with van der Waals surface area (Å²) in [4.78, 5) is 3.54. The van der Waals surface area contributed by atoms with Crippen LogP contribution in [0.3, 0.4) is 0 Å². The molecule has 1 aliphatic heterocycles. The van der Waals surface area contributed by atoms with Gasteiger partial charge in [0.25, 0.3) is 0 Å². The molecule has 1 aliphatic rings. The van der Waals surface area contributed by atoms with Crippen LogP contribution in [-0.2, 0) is 7.05 Å². The first kappa shape index (κ1) is 15.3. The summed E-state index contributed by atoms with van der Waals surface area (Å²) >= 11 is 0. The molecule has 114 valence electrons. The van der Waals surface area contributed by atoms with Gasteiger partial charge in [0.2, 0.25) is 0 Å². The van der Waals surface area contributed by atoms with Crippen molar-refractivity contribution in [3.63, 3.8) is 0 Å². The van der Waals surface area contributed by atoms with Gasteiger partial charge in [-0.2, -0.15) is 18.3 Å². The Balaban J connectivity index is 1.77. The first-order valence-corrected chi connectivity index (χ1v) is 6.59. The lowest BCUT2D eigenvalue weighted by Crippen LogP contribution is -2.50. The van der Waals surface area contributed by atoms with Crippen LogP contribution in [0.15, 0.2) is 12.4 Å². The molecule has 0 amide bonds. The molecule has 1 aromatic heterocycles. The minimum absolute atomic E-state index is 0.155. The lowest BCUT2D eigenvalue weighted by molar-refractivity contribution is -0.149. The van der Waals surface area contributed by atoms with Gasteiger partial charge in [-0.15, -0.1) is 0 Å². The second-order valence-electron chi connectivity index (χ2n) is 5.25. The normalized spacial score (nSPS) is 20.2. The summed E-state index contributed by atoms with van der Waals surface area (Å²) in [6, 6.07) is -0.155. The molecule has 1 aromatic rings. The standard InChI is InChI=1S/C12H20F3N5/c1-18-7-10(6-17-18)11(16)8-19-2-4-20(5-3-19)9-12(13,14)15/h6-7,11H,2-5,8-9,16H2,1H3. The minimum Gasteiger partial charge on any atom is -0.323 e. The Morgan fingerprint density at radius 2 is 1.85 bits per heavy atom. The molecule has 0 radical (unpaired) electrons. The smallest absolute Gasteiger partial charge is 0.323 e. The fraction of sp³-hybridized carbons (Fsp3) is 0.750. The first-order valence-electron chi connectivity index (χ1n) is 6.59. The molecule has 0 saturated carbocycles. The van der Waals surface area contributed by atoms with Crippen LogP contribution >= 0.6 is 0 Å². The van der Waals surface area contributed by atoms with E-state index in [1.807, 2.05) is 13.2 Å². The summed E-state index contributed by atoms with van der Waals surface area (Å²) in [6.45, 7) is 1.91. The predicted molar refractivity (Wildman–Crippen MR) is 69.1 cm³/mol. The SMILES string of the molecule is Cn1cc(C(N)CN2CCN(CC(F)(F)F)CC2)cn1. The fourth-order valence-electron chi connectivity index (χ4n) is 2.40. The van der Waals surface area contributed by atoms with E-state index < -0.39 is 12.7 Å². The highest BCUT2D eigenvalue weighted by Gasteiger charge is 2.32. The van der Waals surface area contributed by atoms with Gasteiger partial charge in [-0.3, -0.25) is 14.5 Å². The molecule has 8 heteroatoms. The van der Waals surface area contributed by atoms with Gasteiger partial charge in [0.05, 0.1) is 12.7 Å². The van der Waals surface area contributed by atoms with E-state index in [2.05, 4.69) is 10.00 Å². The Morgan fingerprint density at radius 3 is 2.35 bits per heavy atom. The maximum atomic E-state index is 12.3. The van der Waals surface area contributed by atoms with Gasteiger partial charge in [-0.05, 0) is 0 Å². The van der Waals surface area contributed by atoms with Gasteiger partial charge in [0.1, 0.15) is 0 Å². The Hall–Kier alpha value is -1.12. The van der Waals surface area contributed by atoms with Crippen molar-refractivity contribution in [2.45, 2.75) is 12.2 Å². The molecule has 0 spiro atoms. The lowest BCUT2D eigenvalue weighted by atomic mass is 10.1. The van der Waals surface area contributed by atoms with E-state index in [4.69, 9.17) is 5.73 Å². The summed E-state index contributed by atoms with van der Waals surface area (Å²) in [5.41, 5.74) is 7.04. The first-order chi connectivity index (χ1) is 9.33. The van der Waals surface area contributed by atoms with Crippen LogP contribution in [0.1, 0.15) is 11.6 Å². The Bertz CT molecular complexity index is 423. The van der Waals surface area contributed by atoms with Gasteiger partial charge < -0.3 is 5.73 Å². The minimum atomic E-state index is -4.12. The van der Waals surface area contributed by atoms with E-state index in [9.17, 15) is 13.2 Å². The van der Waals surface area contributed by atoms with Gasteiger partial charge in [0.15, 0.2) is 0 Å². The maximum absolute atomic E-state index is 12.3. The van der Waals surface area contributed by atoms with E-state index in [0.29, 0.717) is 32.7 Å². The molecule has 1 fully saturated rings. The molecular formula is C12H20F3N5. The second kappa shape index (κ2) is 6.11. The van der Waals surface area contributed by atoms with E-state index in [1.165, 1.54) is 4.90 Å². The molecule has 1 unspecified atom stereocenters. The second-order valence-corrected chi connectivity index (χ2v) is 5.25. The van der Waals surface area contributed by atoms with Gasteiger partial charge in [0, 0.05) is 57.6 Å². The fourth-order valence-corrected chi connectivity index (χ4v) is 2.40. The van der Waals surface area contributed by atoms with Gasteiger partial charge in [-0.1, -0.05) is 0 Å². The highest BCUT2D eigenvalue weighted by Crippen LogP contribution is 2.18. The van der Waals surface area contributed by atoms with Crippen molar-refractivity contribution in [1.82, 2.24) is 19.6 Å². The zero-order valence-corrected chi connectivity index (χ0v) is 11.5. The zero-order chi connectivity index (χ0) is 14.8. The van der Waals surface area contributed by atoms with Crippen molar-refractivity contribution < 1.29 is 13.2 Å². The Kier molecular flexibility index (Phi) is 4.66. The number of rotatable bonds is 4. The molecule has 2 rings (SSSR count). The largest absolute Gasteiger partial charge is 0.401 e. The van der Waals surface area contributed by atoms with Gasteiger partial charge in [-0.25, -0.2) is 0 Å². The van der Waals surface area contributed by atoms with E-state index in [1.54, 1.807) is 10.9 Å². The Morgan fingerprint density at radius 1 is 1.25 bits per heavy atom. The maximum Gasteiger partial charge on any atom is 0.401 e. The number of nitrogens with zero attached hydrogens (tertiary/aromatic N) is 4. The highest BCUT2D eigenvalue weighted by molar-refractivity contribution is 5.10. The van der Waals surface area contributed by atoms with E-state index in [-0.39, 0.29) is 6.04 Å². The summed E-state index contributed by atoms with van der Waals surface area (Å²) < 4.78 is 38.6. The van der Waals surface area contributed by atoms with Gasteiger partial charge >= 0.3 is 6.18 Å². The quantitative estimate of drug-likeness (QED) is 0.882. The van der Waals surface area contributed by atoms with E-state index in [0.717, 1.165) is 5.56 Å². The van der Waals surface area contributed by atoms with Crippen LogP contribution in [0.25, 0.3) is 0 Å². The van der Waals surface area contributed by atoms with Crippen molar-refractivity contribution in [1.29, 1.82) is 0 Å². The third-order valence-electron chi connectivity index (χ3n) is 3.48. The number of aryl methyl sites for hydroxylation is 1. The molecule has 20 heavy (non-hydrogen) atoms. The zero-order valence-electron chi connectivity index (χ0n) is 11.5. The van der Waals surface area contributed by atoms with Crippen molar-refractivity contribution in [3.05, 3.63) is 18.0 Å². The summed E-state index contributed by atoms with van der Waals surface area (Å²) in [5.74, 6) is 0.